The highest BCUT2D eigenvalue weighted by Gasteiger charge is 2.52. The predicted octanol–water partition coefficient (Wildman–Crippen LogP) is 3.97. The summed E-state index contributed by atoms with van der Waals surface area (Å²) in [6.07, 6.45) is 0.566. The number of carboxylic acids is 1. The number of fused-ring (bicyclic) bond motifs is 4. The number of hydrogen-bond acceptors (Lipinski definition) is 4. The van der Waals surface area contributed by atoms with Gasteiger partial charge in [-0.15, -0.1) is 0 Å². The van der Waals surface area contributed by atoms with E-state index in [9.17, 15) is 19.5 Å². The molecule has 34 heavy (non-hydrogen) atoms. The van der Waals surface area contributed by atoms with E-state index in [0.717, 1.165) is 22.3 Å². The number of benzene rings is 2. The molecule has 0 unspecified atom stereocenters. The van der Waals surface area contributed by atoms with Gasteiger partial charge in [0.1, 0.15) is 18.7 Å². The molecule has 2 amide bonds. The third kappa shape index (κ3) is 3.73. The number of hydrogen-bond donors (Lipinski definition) is 1. The lowest BCUT2D eigenvalue weighted by molar-refractivity contribution is -0.150. The summed E-state index contributed by atoms with van der Waals surface area (Å²) < 4.78 is 5.79. The molecule has 2 aliphatic heterocycles. The molecule has 0 radical (unpaired) electrons. The number of aliphatic carboxylic acids is 1. The van der Waals surface area contributed by atoms with E-state index in [-0.39, 0.29) is 30.3 Å². The van der Waals surface area contributed by atoms with Crippen LogP contribution in [0.15, 0.2) is 48.5 Å². The normalized spacial score (nSPS) is 22.0. The maximum absolute atomic E-state index is 13.2. The molecule has 0 spiro atoms. The summed E-state index contributed by atoms with van der Waals surface area (Å²) >= 11 is 0. The molecule has 0 saturated carbocycles. The van der Waals surface area contributed by atoms with Crippen LogP contribution in [0.1, 0.15) is 43.7 Å². The number of amides is 2. The molecular formula is C27H30N2O5. The minimum atomic E-state index is -0.991. The SMILES string of the molecule is CC(C)C[C@@H](C(=O)O)N1C[C@@H]2CCN(C(=O)OCC3c4ccccc4-c4ccccc43)[C@@H]2C1=O. The molecule has 0 aromatic heterocycles. The van der Waals surface area contributed by atoms with Gasteiger partial charge in [0.05, 0.1) is 0 Å². The molecule has 2 aromatic rings. The van der Waals surface area contributed by atoms with Gasteiger partial charge < -0.3 is 14.7 Å². The van der Waals surface area contributed by atoms with E-state index in [1.807, 2.05) is 38.1 Å². The standard InChI is InChI=1S/C27H30N2O5/c1-16(2)13-23(26(31)32)29-14-17-11-12-28(24(17)25(29)30)27(33)34-15-22-20-9-5-3-7-18(20)19-8-4-6-10-21(19)22/h3-10,16-17,22-24H,11-15H2,1-2H3,(H,31,32)/t17-,23-,24-/m0/s1. The Labute approximate surface area is 199 Å². The van der Waals surface area contributed by atoms with E-state index in [1.165, 1.54) is 9.80 Å². The fourth-order valence-electron chi connectivity index (χ4n) is 5.87. The van der Waals surface area contributed by atoms with Crippen molar-refractivity contribution in [3.05, 3.63) is 59.7 Å². The van der Waals surface area contributed by atoms with Crippen LogP contribution >= 0.6 is 0 Å². The van der Waals surface area contributed by atoms with E-state index in [0.29, 0.717) is 25.9 Å². The van der Waals surface area contributed by atoms with E-state index >= 15 is 0 Å². The van der Waals surface area contributed by atoms with Crippen molar-refractivity contribution < 1.29 is 24.2 Å². The number of nitrogens with zero attached hydrogens (tertiary/aromatic N) is 2. The van der Waals surface area contributed by atoms with Gasteiger partial charge in [0.15, 0.2) is 0 Å². The molecule has 3 atom stereocenters. The topological polar surface area (TPSA) is 87.2 Å². The summed E-state index contributed by atoms with van der Waals surface area (Å²) in [5, 5.41) is 9.71. The molecule has 2 aromatic carbocycles. The van der Waals surface area contributed by atoms with Gasteiger partial charge in [-0.1, -0.05) is 62.4 Å². The van der Waals surface area contributed by atoms with Gasteiger partial charge >= 0.3 is 12.1 Å². The Balaban J connectivity index is 1.29. The first kappa shape index (κ1) is 22.4. The molecule has 2 heterocycles. The number of carbonyl (C=O) groups is 3. The number of likely N-dealkylation sites (tertiary alicyclic amines) is 2. The average molecular weight is 463 g/mol. The van der Waals surface area contributed by atoms with Crippen LogP contribution in [0, 0.1) is 11.8 Å². The van der Waals surface area contributed by atoms with E-state index in [2.05, 4.69) is 24.3 Å². The Bertz CT molecular complexity index is 1080. The zero-order chi connectivity index (χ0) is 24.0. The monoisotopic (exact) mass is 462 g/mol. The second kappa shape index (κ2) is 8.78. The number of ether oxygens (including phenoxy) is 1. The average Bonchev–Trinajstić information content (AvgIpc) is 3.47. The van der Waals surface area contributed by atoms with Gasteiger partial charge in [-0.2, -0.15) is 0 Å². The molecule has 1 N–H and O–H groups in total. The second-order valence-electron chi connectivity index (χ2n) is 9.97. The Hall–Kier alpha value is -3.35. The van der Waals surface area contributed by atoms with Crippen molar-refractivity contribution >= 4 is 18.0 Å². The maximum Gasteiger partial charge on any atom is 0.410 e. The van der Waals surface area contributed by atoms with Crippen LogP contribution in [-0.4, -0.2) is 64.7 Å². The third-order valence-electron chi connectivity index (χ3n) is 7.42. The molecule has 0 bridgehead atoms. The van der Waals surface area contributed by atoms with Crippen LogP contribution in [0.2, 0.25) is 0 Å². The first-order chi connectivity index (χ1) is 16.4. The Morgan fingerprint density at radius 1 is 1.06 bits per heavy atom. The van der Waals surface area contributed by atoms with Crippen LogP contribution in [-0.2, 0) is 14.3 Å². The van der Waals surface area contributed by atoms with E-state index in [1.54, 1.807) is 0 Å². The zero-order valence-electron chi connectivity index (χ0n) is 19.5. The third-order valence-corrected chi connectivity index (χ3v) is 7.42. The summed E-state index contributed by atoms with van der Waals surface area (Å²) in [6, 6.07) is 14.8. The van der Waals surface area contributed by atoms with Crippen molar-refractivity contribution in [1.82, 2.24) is 9.80 Å². The van der Waals surface area contributed by atoms with E-state index in [4.69, 9.17) is 4.74 Å². The van der Waals surface area contributed by atoms with Crippen LogP contribution in [0.4, 0.5) is 4.79 Å². The maximum atomic E-state index is 13.2. The number of carboxylic acid groups (broad SMARTS) is 1. The van der Waals surface area contributed by atoms with Crippen molar-refractivity contribution in [3.8, 4) is 11.1 Å². The summed E-state index contributed by atoms with van der Waals surface area (Å²) in [5.41, 5.74) is 4.59. The summed E-state index contributed by atoms with van der Waals surface area (Å²) in [4.78, 5) is 41.2. The predicted molar refractivity (Wildman–Crippen MR) is 126 cm³/mol. The van der Waals surface area contributed by atoms with Crippen molar-refractivity contribution in [2.75, 3.05) is 19.7 Å². The van der Waals surface area contributed by atoms with Crippen molar-refractivity contribution in [3.63, 3.8) is 0 Å². The lowest BCUT2D eigenvalue weighted by Crippen LogP contribution is -2.48. The van der Waals surface area contributed by atoms with Crippen LogP contribution in [0.3, 0.4) is 0 Å². The van der Waals surface area contributed by atoms with Gasteiger partial charge in [-0.25, -0.2) is 9.59 Å². The Morgan fingerprint density at radius 2 is 1.68 bits per heavy atom. The van der Waals surface area contributed by atoms with Gasteiger partial charge in [0.2, 0.25) is 5.91 Å². The first-order valence-electron chi connectivity index (χ1n) is 12.0. The number of carbonyl (C=O) groups excluding carboxylic acids is 2. The summed E-state index contributed by atoms with van der Waals surface area (Å²) in [5.74, 6) is -1.22. The van der Waals surface area contributed by atoms with E-state index < -0.39 is 24.1 Å². The number of rotatable bonds is 6. The van der Waals surface area contributed by atoms with Gasteiger partial charge in [-0.3, -0.25) is 9.69 Å². The van der Waals surface area contributed by atoms with Crippen LogP contribution in [0.25, 0.3) is 11.1 Å². The quantitative estimate of drug-likeness (QED) is 0.702. The minimum absolute atomic E-state index is 0.0482. The van der Waals surface area contributed by atoms with Crippen molar-refractivity contribution in [1.29, 1.82) is 0 Å². The zero-order valence-corrected chi connectivity index (χ0v) is 19.5. The highest BCUT2D eigenvalue weighted by molar-refractivity contribution is 5.92. The van der Waals surface area contributed by atoms with Gasteiger partial charge in [0.25, 0.3) is 0 Å². The molecule has 7 nitrogen and oxygen atoms in total. The lowest BCUT2D eigenvalue weighted by atomic mass is 9.98. The molecule has 2 saturated heterocycles. The second-order valence-corrected chi connectivity index (χ2v) is 9.97. The molecule has 1 aliphatic carbocycles. The van der Waals surface area contributed by atoms with Gasteiger partial charge in [-0.05, 0) is 41.0 Å². The Kier molecular flexibility index (Phi) is 5.80. The first-order valence-corrected chi connectivity index (χ1v) is 12.0. The van der Waals surface area contributed by atoms with Crippen LogP contribution < -0.4 is 0 Å². The highest BCUT2D eigenvalue weighted by atomic mass is 16.6. The van der Waals surface area contributed by atoms with Crippen LogP contribution in [0.5, 0.6) is 0 Å². The largest absolute Gasteiger partial charge is 0.480 e. The molecule has 5 rings (SSSR count). The minimum Gasteiger partial charge on any atom is -0.480 e. The molecular weight excluding hydrogens is 432 g/mol. The fourth-order valence-corrected chi connectivity index (χ4v) is 5.87. The molecule has 3 aliphatic rings. The smallest absolute Gasteiger partial charge is 0.410 e. The molecule has 178 valence electrons. The fraction of sp³-hybridized carbons (Fsp3) is 0.444. The highest BCUT2D eigenvalue weighted by Crippen LogP contribution is 2.44. The van der Waals surface area contributed by atoms with Gasteiger partial charge in [0, 0.05) is 24.9 Å². The molecule has 7 heteroatoms. The Morgan fingerprint density at radius 3 is 2.26 bits per heavy atom. The van der Waals surface area contributed by atoms with Crippen molar-refractivity contribution in [2.24, 2.45) is 11.8 Å². The lowest BCUT2D eigenvalue weighted by Gasteiger charge is -2.28. The molecule has 2 fully saturated rings. The summed E-state index contributed by atoms with van der Waals surface area (Å²) in [6.45, 7) is 4.91. The summed E-state index contributed by atoms with van der Waals surface area (Å²) in [7, 11) is 0. The van der Waals surface area contributed by atoms with Crippen molar-refractivity contribution in [2.45, 2.75) is 44.7 Å².